The lowest BCUT2D eigenvalue weighted by molar-refractivity contribution is -0.117. The smallest absolute Gasteiger partial charge is 0.292 e. The first-order chi connectivity index (χ1) is 9.86. The summed E-state index contributed by atoms with van der Waals surface area (Å²) in [6.07, 6.45) is 0.704. The van der Waals surface area contributed by atoms with Crippen LogP contribution in [0.2, 0.25) is 0 Å². The predicted molar refractivity (Wildman–Crippen MR) is 83.6 cm³/mol. The lowest BCUT2D eigenvalue weighted by Gasteiger charge is -2.18. The van der Waals surface area contributed by atoms with Gasteiger partial charge in [0, 0.05) is 25.3 Å². The number of Topliss-reactive ketones (excluding diaryl/α,β-unsaturated/α-hetero) is 1. The van der Waals surface area contributed by atoms with E-state index in [4.69, 9.17) is 4.74 Å². The standard InChI is InChI=1S/C17H25NO3/c1-5-21-12-6-11-18-16(20)15(19)13-7-9-14(10-8-13)17(2,3)4/h7-10H,5-6,11-12H2,1-4H3,(H,18,20). The van der Waals surface area contributed by atoms with Gasteiger partial charge >= 0.3 is 0 Å². The number of carbonyl (C=O) groups excluding carboxylic acids is 2. The molecule has 1 amide bonds. The Morgan fingerprint density at radius 2 is 1.76 bits per heavy atom. The lowest BCUT2D eigenvalue weighted by atomic mass is 9.86. The summed E-state index contributed by atoms with van der Waals surface area (Å²) in [5.41, 5.74) is 1.59. The first kappa shape index (κ1) is 17.4. The molecule has 0 saturated heterocycles. The fourth-order valence-corrected chi connectivity index (χ4v) is 1.85. The Balaban J connectivity index is 2.53. The van der Waals surface area contributed by atoms with Gasteiger partial charge in [-0.2, -0.15) is 0 Å². The van der Waals surface area contributed by atoms with E-state index in [9.17, 15) is 9.59 Å². The van der Waals surface area contributed by atoms with Gasteiger partial charge in [0.25, 0.3) is 5.91 Å². The highest BCUT2D eigenvalue weighted by Crippen LogP contribution is 2.22. The average molecular weight is 291 g/mol. The molecule has 0 spiro atoms. The van der Waals surface area contributed by atoms with Gasteiger partial charge in [-0.15, -0.1) is 0 Å². The fourth-order valence-electron chi connectivity index (χ4n) is 1.85. The van der Waals surface area contributed by atoms with E-state index in [2.05, 4.69) is 26.1 Å². The largest absolute Gasteiger partial charge is 0.382 e. The molecule has 4 nitrogen and oxygen atoms in total. The van der Waals surface area contributed by atoms with Crippen LogP contribution in [-0.2, 0) is 14.9 Å². The number of amides is 1. The molecule has 0 radical (unpaired) electrons. The van der Waals surface area contributed by atoms with Crippen LogP contribution < -0.4 is 5.32 Å². The van der Waals surface area contributed by atoms with Gasteiger partial charge in [0.15, 0.2) is 0 Å². The summed E-state index contributed by atoms with van der Waals surface area (Å²) in [7, 11) is 0. The summed E-state index contributed by atoms with van der Waals surface area (Å²) in [5, 5.41) is 2.62. The molecule has 0 aromatic heterocycles. The summed E-state index contributed by atoms with van der Waals surface area (Å²) in [6.45, 7) is 9.94. The van der Waals surface area contributed by atoms with E-state index in [0.29, 0.717) is 31.7 Å². The number of nitrogens with one attached hydrogen (secondary N) is 1. The summed E-state index contributed by atoms with van der Waals surface area (Å²) < 4.78 is 5.17. The first-order valence-corrected chi connectivity index (χ1v) is 7.37. The molecule has 0 atom stereocenters. The summed E-state index contributed by atoms with van der Waals surface area (Å²) >= 11 is 0. The van der Waals surface area contributed by atoms with Crippen molar-refractivity contribution in [2.45, 2.75) is 39.5 Å². The van der Waals surface area contributed by atoms with Crippen molar-refractivity contribution in [3.63, 3.8) is 0 Å². The van der Waals surface area contributed by atoms with Gasteiger partial charge in [0.1, 0.15) is 0 Å². The van der Waals surface area contributed by atoms with Crippen LogP contribution in [0.4, 0.5) is 0 Å². The number of carbonyl (C=O) groups is 2. The maximum Gasteiger partial charge on any atom is 0.292 e. The van der Waals surface area contributed by atoms with E-state index in [1.54, 1.807) is 12.1 Å². The van der Waals surface area contributed by atoms with Crippen molar-refractivity contribution in [2.75, 3.05) is 19.8 Å². The Hall–Kier alpha value is -1.68. The van der Waals surface area contributed by atoms with Gasteiger partial charge in [0.05, 0.1) is 0 Å². The second kappa shape index (κ2) is 7.93. The molecule has 0 fully saturated rings. The summed E-state index contributed by atoms with van der Waals surface area (Å²) in [4.78, 5) is 23.7. The monoisotopic (exact) mass is 291 g/mol. The topological polar surface area (TPSA) is 55.4 Å². The number of hydrogen-bond donors (Lipinski definition) is 1. The van der Waals surface area contributed by atoms with Crippen LogP contribution in [0.1, 0.15) is 50.0 Å². The molecule has 0 aliphatic carbocycles. The minimum Gasteiger partial charge on any atom is -0.382 e. The van der Waals surface area contributed by atoms with Gasteiger partial charge in [-0.05, 0) is 24.3 Å². The molecule has 1 N–H and O–H groups in total. The molecule has 0 saturated carbocycles. The van der Waals surface area contributed by atoms with E-state index in [1.165, 1.54) is 0 Å². The zero-order valence-corrected chi connectivity index (χ0v) is 13.4. The van der Waals surface area contributed by atoms with E-state index in [0.717, 1.165) is 5.56 Å². The summed E-state index contributed by atoms with van der Waals surface area (Å²) in [5.74, 6) is -1.05. The Labute approximate surface area is 126 Å². The van der Waals surface area contributed by atoms with E-state index in [1.807, 2.05) is 19.1 Å². The third-order valence-electron chi connectivity index (χ3n) is 3.17. The van der Waals surface area contributed by atoms with Crippen molar-refractivity contribution in [3.05, 3.63) is 35.4 Å². The third-order valence-corrected chi connectivity index (χ3v) is 3.17. The maximum absolute atomic E-state index is 12.0. The molecular weight excluding hydrogens is 266 g/mol. The number of ketones is 1. The van der Waals surface area contributed by atoms with Crippen molar-refractivity contribution in [1.29, 1.82) is 0 Å². The minimum absolute atomic E-state index is 0.0309. The second-order valence-corrected chi connectivity index (χ2v) is 5.96. The first-order valence-electron chi connectivity index (χ1n) is 7.37. The van der Waals surface area contributed by atoms with Crippen molar-refractivity contribution >= 4 is 11.7 Å². The van der Waals surface area contributed by atoms with Crippen LogP contribution in [0.15, 0.2) is 24.3 Å². The SMILES string of the molecule is CCOCCCNC(=O)C(=O)c1ccc(C(C)(C)C)cc1. The van der Waals surface area contributed by atoms with Crippen LogP contribution in [0.5, 0.6) is 0 Å². The van der Waals surface area contributed by atoms with E-state index in [-0.39, 0.29) is 5.41 Å². The Morgan fingerprint density at radius 3 is 2.29 bits per heavy atom. The highest BCUT2D eigenvalue weighted by atomic mass is 16.5. The molecular formula is C17H25NO3. The molecule has 0 aliphatic heterocycles. The molecule has 0 heterocycles. The van der Waals surface area contributed by atoms with Crippen LogP contribution in [0.3, 0.4) is 0 Å². The van der Waals surface area contributed by atoms with Crippen LogP contribution in [0.25, 0.3) is 0 Å². The third kappa shape index (κ3) is 5.68. The van der Waals surface area contributed by atoms with Gasteiger partial charge in [-0.3, -0.25) is 9.59 Å². The molecule has 0 unspecified atom stereocenters. The van der Waals surface area contributed by atoms with Crippen molar-refractivity contribution < 1.29 is 14.3 Å². The quantitative estimate of drug-likeness (QED) is 0.477. The van der Waals surface area contributed by atoms with Gasteiger partial charge in [-0.1, -0.05) is 45.0 Å². The molecule has 116 valence electrons. The Bertz CT molecular complexity index is 472. The number of ether oxygens (including phenoxy) is 1. The molecule has 1 aromatic carbocycles. The Kier molecular flexibility index (Phi) is 6.56. The van der Waals surface area contributed by atoms with Gasteiger partial charge in [0.2, 0.25) is 5.78 Å². The molecule has 0 aliphatic rings. The average Bonchev–Trinajstić information content (AvgIpc) is 2.45. The van der Waals surface area contributed by atoms with E-state index < -0.39 is 11.7 Å². The highest BCUT2D eigenvalue weighted by Gasteiger charge is 2.18. The minimum atomic E-state index is -0.560. The highest BCUT2D eigenvalue weighted by molar-refractivity contribution is 6.42. The van der Waals surface area contributed by atoms with Crippen LogP contribution in [0, 0.1) is 0 Å². The lowest BCUT2D eigenvalue weighted by Crippen LogP contribution is -2.32. The fraction of sp³-hybridized carbons (Fsp3) is 0.529. The van der Waals surface area contributed by atoms with Crippen LogP contribution in [-0.4, -0.2) is 31.4 Å². The normalized spacial score (nSPS) is 11.2. The van der Waals surface area contributed by atoms with Gasteiger partial charge in [-0.25, -0.2) is 0 Å². The number of hydrogen-bond acceptors (Lipinski definition) is 3. The predicted octanol–water partition coefficient (Wildman–Crippen LogP) is 2.71. The van der Waals surface area contributed by atoms with Crippen LogP contribution >= 0.6 is 0 Å². The van der Waals surface area contributed by atoms with E-state index >= 15 is 0 Å². The van der Waals surface area contributed by atoms with Crippen molar-refractivity contribution in [2.24, 2.45) is 0 Å². The number of benzene rings is 1. The van der Waals surface area contributed by atoms with Gasteiger partial charge < -0.3 is 10.1 Å². The summed E-state index contributed by atoms with van der Waals surface area (Å²) in [6, 6.07) is 7.22. The molecule has 1 aromatic rings. The molecule has 0 bridgehead atoms. The second-order valence-electron chi connectivity index (χ2n) is 5.96. The zero-order chi connectivity index (χ0) is 15.9. The van der Waals surface area contributed by atoms with Crippen molar-refractivity contribution in [1.82, 2.24) is 5.32 Å². The maximum atomic E-state index is 12.0. The van der Waals surface area contributed by atoms with Crippen molar-refractivity contribution in [3.8, 4) is 0 Å². The Morgan fingerprint density at radius 1 is 1.14 bits per heavy atom. The molecule has 4 heteroatoms. The molecule has 1 rings (SSSR count). The number of rotatable bonds is 7. The zero-order valence-electron chi connectivity index (χ0n) is 13.4. The molecule has 21 heavy (non-hydrogen) atoms.